The van der Waals surface area contributed by atoms with E-state index in [2.05, 4.69) is 10.2 Å². The Morgan fingerprint density at radius 3 is 2.86 bits per heavy atom. The van der Waals surface area contributed by atoms with Gasteiger partial charge in [-0.2, -0.15) is 0 Å². The molecule has 4 nitrogen and oxygen atoms in total. The lowest BCUT2D eigenvalue weighted by atomic mass is 10.2. The summed E-state index contributed by atoms with van der Waals surface area (Å²) in [6.45, 7) is 0. The third kappa shape index (κ3) is 2.28. The standard InChI is InChI=1S/C15H10ClN3OS/c16-11-3-1-10(2-4-11)8-21-15-13-7-14-12(5-6-20-14)19(13)9-17-18-15/h1-7,9H,8H2. The van der Waals surface area contributed by atoms with Crippen molar-refractivity contribution >= 4 is 40.0 Å². The summed E-state index contributed by atoms with van der Waals surface area (Å²) < 4.78 is 7.43. The van der Waals surface area contributed by atoms with Gasteiger partial charge in [-0.05, 0) is 17.7 Å². The quantitative estimate of drug-likeness (QED) is 0.525. The number of halogens is 1. The predicted octanol–water partition coefficient (Wildman–Crippen LogP) is 4.42. The minimum absolute atomic E-state index is 0.748. The summed E-state index contributed by atoms with van der Waals surface area (Å²) in [7, 11) is 0. The highest BCUT2D eigenvalue weighted by Gasteiger charge is 2.11. The summed E-state index contributed by atoms with van der Waals surface area (Å²) in [5.74, 6) is 0.818. The molecule has 3 aromatic heterocycles. The predicted molar refractivity (Wildman–Crippen MR) is 83.8 cm³/mol. The van der Waals surface area contributed by atoms with Crippen LogP contribution in [-0.2, 0) is 5.75 Å². The first kappa shape index (κ1) is 12.7. The molecule has 0 saturated carbocycles. The van der Waals surface area contributed by atoms with Gasteiger partial charge in [0.15, 0.2) is 5.58 Å². The van der Waals surface area contributed by atoms with E-state index in [-0.39, 0.29) is 0 Å². The molecule has 1 aromatic carbocycles. The van der Waals surface area contributed by atoms with Crippen molar-refractivity contribution in [3.8, 4) is 0 Å². The average Bonchev–Trinajstić information content (AvgIpc) is 3.08. The summed E-state index contributed by atoms with van der Waals surface area (Å²) in [6, 6.07) is 11.8. The topological polar surface area (TPSA) is 43.3 Å². The van der Waals surface area contributed by atoms with Crippen LogP contribution in [0.1, 0.15) is 5.56 Å². The van der Waals surface area contributed by atoms with Gasteiger partial charge in [0.1, 0.15) is 11.4 Å². The van der Waals surface area contributed by atoms with Crippen molar-refractivity contribution in [3.63, 3.8) is 0 Å². The van der Waals surface area contributed by atoms with Gasteiger partial charge in [0, 0.05) is 22.9 Å². The number of benzene rings is 1. The molecule has 3 heterocycles. The highest BCUT2D eigenvalue weighted by molar-refractivity contribution is 7.98. The molecule has 0 aliphatic carbocycles. The molecule has 0 amide bonds. The summed E-state index contributed by atoms with van der Waals surface area (Å²) in [5, 5.41) is 9.94. The SMILES string of the molecule is Clc1ccc(CSc2nncn3c2cc2occc23)cc1. The van der Waals surface area contributed by atoms with Crippen LogP contribution in [0.5, 0.6) is 0 Å². The molecular formula is C15H10ClN3OS. The zero-order chi connectivity index (χ0) is 14.2. The van der Waals surface area contributed by atoms with Crippen molar-refractivity contribution in [1.82, 2.24) is 14.6 Å². The van der Waals surface area contributed by atoms with Crippen LogP contribution in [0, 0.1) is 0 Å². The van der Waals surface area contributed by atoms with Gasteiger partial charge < -0.3 is 4.42 Å². The second-order valence-corrected chi connectivity index (χ2v) is 6.02. The number of nitrogens with zero attached hydrogens (tertiary/aromatic N) is 3. The second kappa shape index (κ2) is 5.09. The van der Waals surface area contributed by atoms with E-state index in [1.807, 2.05) is 40.8 Å². The van der Waals surface area contributed by atoms with Crippen LogP contribution in [-0.4, -0.2) is 14.6 Å². The lowest BCUT2D eigenvalue weighted by Crippen LogP contribution is -1.93. The van der Waals surface area contributed by atoms with E-state index in [4.69, 9.17) is 16.0 Å². The maximum Gasteiger partial charge on any atom is 0.152 e. The van der Waals surface area contributed by atoms with Gasteiger partial charge in [0.25, 0.3) is 0 Å². The fourth-order valence-electron chi connectivity index (χ4n) is 2.25. The summed E-state index contributed by atoms with van der Waals surface area (Å²) in [6.07, 6.45) is 3.39. The van der Waals surface area contributed by atoms with E-state index in [0.29, 0.717) is 0 Å². The maximum atomic E-state index is 5.90. The first-order chi connectivity index (χ1) is 10.3. The van der Waals surface area contributed by atoms with E-state index >= 15 is 0 Å². The number of thioether (sulfide) groups is 1. The van der Waals surface area contributed by atoms with Crippen LogP contribution in [0.4, 0.5) is 0 Å². The lowest BCUT2D eigenvalue weighted by molar-refractivity contribution is 0.616. The van der Waals surface area contributed by atoms with E-state index in [9.17, 15) is 0 Å². The Morgan fingerprint density at radius 2 is 2.00 bits per heavy atom. The highest BCUT2D eigenvalue weighted by Crippen LogP contribution is 2.29. The second-order valence-electron chi connectivity index (χ2n) is 4.62. The van der Waals surface area contributed by atoms with Crippen LogP contribution in [0.25, 0.3) is 16.6 Å². The van der Waals surface area contributed by atoms with Crippen molar-refractivity contribution in [2.75, 3.05) is 0 Å². The van der Waals surface area contributed by atoms with E-state index < -0.39 is 0 Å². The first-order valence-corrected chi connectivity index (χ1v) is 7.75. The Bertz CT molecular complexity index is 914. The number of hydrogen-bond acceptors (Lipinski definition) is 4. The largest absolute Gasteiger partial charge is 0.463 e. The summed E-state index contributed by atoms with van der Waals surface area (Å²) in [4.78, 5) is 0. The van der Waals surface area contributed by atoms with E-state index in [0.717, 1.165) is 32.4 Å². The van der Waals surface area contributed by atoms with Crippen molar-refractivity contribution in [3.05, 3.63) is 59.6 Å². The number of fused-ring (bicyclic) bond motifs is 3. The molecule has 6 heteroatoms. The summed E-state index contributed by atoms with van der Waals surface area (Å²) >= 11 is 7.55. The molecule has 0 fully saturated rings. The van der Waals surface area contributed by atoms with Crippen LogP contribution >= 0.6 is 23.4 Å². The molecule has 21 heavy (non-hydrogen) atoms. The maximum absolute atomic E-state index is 5.90. The zero-order valence-corrected chi connectivity index (χ0v) is 12.4. The fourth-order valence-corrected chi connectivity index (χ4v) is 3.28. The highest BCUT2D eigenvalue weighted by atomic mass is 35.5. The van der Waals surface area contributed by atoms with Gasteiger partial charge in [0.2, 0.25) is 0 Å². The molecule has 0 atom stereocenters. The van der Waals surface area contributed by atoms with Gasteiger partial charge in [-0.25, -0.2) is 0 Å². The fraction of sp³-hybridized carbons (Fsp3) is 0.0667. The number of hydrogen-bond donors (Lipinski definition) is 0. The molecule has 0 unspecified atom stereocenters. The normalized spacial score (nSPS) is 11.5. The molecule has 0 bridgehead atoms. The monoisotopic (exact) mass is 315 g/mol. The van der Waals surface area contributed by atoms with Crippen molar-refractivity contribution in [2.24, 2.45) is 0 Å². The number of furan rings is 1. The van der Waals surface area contributed by atoms with Crippen molar-refractivity contribution in [2.45, 2.75) is 10.8 Å². The van der Waals surface area contributed by atoms with E-state index in [1.54, 1.807) is 24.4 Å². The smallest absolute Gasteiger partial charge is 0.152 e. The molecule has 0 radical (unpaired) electrons. The lowest BCUT2D eigenvalue weighted by Gasteiger charge is -2.03. The van der Waals surface area contributed by atoms with Gasteiger partial charge in [-0.15, -0.1) is 10.2 Å². The minimum atomic E-state index is 0.748. The molecule has 0 N–H and O–H groups in total. The third-order valence-electron chi connectivity index (χ3n) is 3.28. The van der Waals surface area contributed by atoms with Crippen LogP contribution in [0.2, 0.25) is 5.02 Å². The van der Waals surface area contributed by atoms with Crippen molar-refractivity contribution in [1.29, 1.82) is 0 Å². The molecular weight excluding hydrogens is 306 g/mol. The minimum Gasteiger partial charge on any atom is -0.463 e. The Morgan fingerprint density at radius 1 is 1.14 bits per heavy atom. The first-order valence-electron chi connectivity index (χ1n) is 6.38. The molecule has 104 valence electrons. The Hall–Kier alpha value is -1.98. The molecule has 0 aliphatic heterocycles. The van der Waals surface area contributed by atoms with Gasteiger partial charge >= 0.3 is 0 Å². The molecule has 0 saturated heterocycles. The molecule has 4 aromatic rings. The van der Waals surface area contributed by atoms with Crippen LogP contribution in [0.15, 0.2) is 58.4 Å². The Kier molecular flexibility index (Phi) is 3.09. The van der Waals surface area contributed by atoms with Crippen LogP contribution < -0.4 is 0 Å². The molecule has 0 aliphatic rings. The molecule has 4 rings (SSSR count). The Labute approximate surface area is 129 Å². The van der Waals surface area contributed by atoms with Crippen LogP contribution in [0.3, 0.4) is 0 Å². The zero-order valence-electron chi connectivity index (χ0n) is 10.9. The number of rotatable bonds is 3. The molecule has 0 spiro atoms. The Balaban J connectivity index is 1.68. The van der Waals surface area contributed by atoms with Gasteiger partial charge in [-0.3, -0.25) is 4.40 Å². The third-order valence-corrected chi connectivity index (χ3v) is 4.58. The number of aromatic nitrogens is 3. The van der Waals surface area contributed by atoms with E-state index in [1.165, 1.54) is 5.56 Å². The van der Waals surface area contributed by atoms with Gasteiger partial charge in [0.05, 0.1) is 17.3 Å². The summed E-state index contributed by atoms with van der Waals surface area (Å²) in [5.41, 5.74) is 4.06. The van der Waals surface area contributed by atoms with Crippen molar-refractivity contribution < 1.29 is 4.42 Å². The van der Waals surface area contributed by atoms with Gasteiger partial charge in [-0.1, -0.05) is 35.5 Å². The average molecular weight is 316 g/mol.